The minimum atomic E-state index is -1.41. The van der Waals surface area contributed by atoms with Gasteiger partial charge in [0, 0.05) is 22.4 Å². The summed E-state index contributed by atoms with van der Waals surface area (Å²) in [5, 5.41) is 8.50. The van der Waals surface area contributed by atoms with Gasteiger partial charge in [0.25, 0.3) is 0 Å². The van der Waals surface area contributed by atoms with Gasteiger partial charge in [-0.1, -0.05) is 0 Å². The Bertz CT molecular complexity index is 107. The van der Waals surface area contributed by atoms with E-state index in [1.54, 1.807) is 0 Å². The summed E-state index contributed by atoms with van der Waals surface area (Å²) in [5.74, 6) is -1.00. The quantitative estimate of drug-likeness (QED) is 0.493. The minimum Gasteiger partial charge on any atom is -0.378 e. The maximum atomic E-state index is 10.1. The van der Waals surface area contributed by atoms with E-state index < -0.39 is 17.7 Å². The second kappa shape index (κ2) is 4.88. The van der Waals surface area contributed by atoms with E-state index in [2.05, 4.69) is 0 Å². The Kier molecular flexibility index (Phi) is 6.39. The Balaban J connectivity index is 0. The fourth-order valence-corrected chi connectivity index (χ4v) is 0.286. The smallest absolute Gasteiger partial charge is 0.170 e. The number of ketones is 2. The largest absolute Gasteiger partial charge is 0.378 e. The van der Waals surface area contributed by atoms with Gasteiger partial charge in [0.2, 0.25) is 0 Å². The molecule has 0 aromatic heterocycles. The second-order valence-electron chi connectivity index (χ2n) is 1.62. The van der Waals surface area contributed by atoms with Gasteiger partial charge in [0.05, 0.1) is 0 Å². The van der Waals surface area contributed by atoms with Gasteiger partial charge < -0.3 is 5.11 Å². The Morgan fingerprint density at radius 3 is 1.44 bits per heavy atom. The number of aliphatic hydroxyl groups excluding tert-OH is 1. The normalized spacial score (nSPS) is 8.44. The summed E-state index contributed by atoms with van der Waals surface area (Å²) in [6, 6.07) is 0. The number of rotatable bonds is 2. The minimum absolute atomic E-state index is 0. The maximum absolute atomic E-state index is 10.1. The number of hydrogen-bond donors (Lipinski definition) is 1. The van der Waals surface area contributed by atoms with Crippen LogP contribution in [0.5, 0.6) is 0 Å². The fourth-order valence-electron chi connectivity index (χ4n) is 0.286. The molecule has 0 aromatic carbocycles. The van der Waals surface area contributed by atoms with Crippen LogP contribution in [0.25, 0.3) is 0 Å². The molecule has 4 heteroatoms. The van der Waals surface area contributed by atoms with Gasteiger partial charge in [-0.15, -0.1) is 0 Å². The Labute approximate surface area is 68.9 Å². The van der Waals surface area contributed by atoms with Crippen molar-refractivity contribution in [2.75, 3.05) is 0 Å². The maximum Gasteiger partial charge on any atom is 0.170 e. The third-order valence-electron chi connectivity index (χ3n) is 0.770. The zero-order valence-corrected chi connectivity index (χ0v) is 7.49. The van der Waals surface area contributed by atoms with Crippen molar-refractivity contribution in [1.82, 2.24) is 0 Å². The van der Waals surface area contributed by atoms with Crippen LogP contribution in [-0.4, -0.2) is 22.8 Å². The van der Waals surface area contributed by atoms with Crippen molar-refractivity contribution in [3.05, 3.63) is 0 Å². The van der Waals surface area contributed by atoms with E-state index >= 15 is 0 Å². The van der Waals surface area contributed by atoms with Crippen LogP contribution in [0.15, 0.2) is 0 Å². The number of carbonyl (C=O) groups is 2. The molecule has 0 heterocycles. The van der Waals surface area contributed by atoms with E-state index in [0.29, 0.717) is 0 Å². The molecular formula is C5H8NbO3. The predicted octanol–water partition coefficient (Wildman–Crippen LogP) is -0.477. The van der Waals surface area contributed by atoms with Crippen molar-refractivity contribution in [3.8, 4) is 0 Å². The summed E-state index contributed by atoms with van der Waals surface area (Å²) in [4.78, 5) is 20.2. The zero-order chi connectivity index (χ0) is 6.73. The van der Waals surface area contributed by atoms with Gasteiger partial charge in [-0.2, -0.15) is 0 Å². The first-order valence-corrected chi connectivity index (χ1v) is 2.24. The molecule has 0 unspecified atom stereocenters. The summed E-state index contributed by atoms with van der Waals surface area (Å²) in [6.45, 7) is 2.35. The molecule has 9 heavy (non-hydrogen) atoms. The summed E-state index contributed by atoms with van der Waals surface area (Å²) >= 11 is 0. The van der Waals surface area contributed by atoms with Gasteiger partial charge >= 0.3 is 0 Å². The van der Waals surface area contributed by atoms with E-state index in [9.17, 15) is 9.59 Å². The average Bonchev–Trinajstić information content (AvgIpc) is 1.64. The number of Topliss-reactive ketones (excluding diaryl/α,β-unsaturated/α-hetero) is 2. The first kappa shape index (κ1) is 11.8. The Morgan fingerprint density at radius 1 is 1.22 bits per heavy atom. The first-order chi connectivity index (χ1) is 3.55. The monoisotopic (exact) mass is 209 g/mol. The van der Waals surface area contributed by atoms with Crippen molar-refractivity contribution in [1.29, 1.82) is 0 Å². The molecule has 0 atom stereocenters. The molecular weight excluding hydrogens is 201 g/mol. The topological polar surface area (TPSA) is 54.4 Å². The predicted molar refractivity (Wildman–Crippen MR) is 27.4 cm³/mol. The summed E-state index contributed by atoms with van der Waals surface area (Å²) in [6.07, 6.45) is -1.41. The van der Waals surface area contributed by atoms with Gasteiger partial charge in [0.15, 0.2) is 17.7 Å². The van der Waals surface area contributed by atoms with E-state index in [-0.39, 0.29) is 22.4 Å². The zero-order valence-electron chi connectivity index (χ0n) is 5.29. The van der Waals surface area contributed by atoms with Gasteiger partial charge in [-0.05, 0) is 13.8 Å². The summed E-state index contributed by atoms with van der Waals surface area (Å²) in [7, 11) is 0. The molecule has 3 nitrogen and oxygen atoms in total. The second-order valence-corrected chi connectivity index (χ2v) is 1.62. The number of aliphatic hydroxyl groups is 1. The van der Waals surface area contributed by atoms with Crippen LogP contribution in [0, 0.1) is 0 Å². The Hall–Kier alpha value is 0.0403. The molecule has 1 radical (unpaired) electrons. The molecule has 0 saturated carbocycles. The van der Waals surface area contributed by atoms with Crippen molar-refractivity contribution < 1.29 is 37.1 Å². The molecule has 0 aromatic rings. The standard InChI is InChI=1S/C5H8O3.Nb/c1-3(6)5(8)4(2)7;/h5,8H,1-2H3;. The van der Waals surface area contributed by atoms with Crippen LogP contribution in [0.2, 0.25) is 0 Å². The van der Waals surface area contributed by atoms with Gasteiger partial charge in [-0.25, -0.2) is 0 Å². The van der Waals surface area contributed by atoms with Crippen LogP contribution in [0.4, 0.5) is 0 Å². The van der Waals surface area contributed by atoms with Crippen LogP contribution >= 0.6 is 0 Å². The van der Waals surface area contributed by atoms with Crippen molar-refractivity contribution in [3.63, 3.8) is 0 Å². The van der Waals surface area contributed by atoms with Gasteiger partial charge in [0.1, 0.15) is 0 Å². The molecule has 0 aliphatic rings. The molecule has 0 rings (SSSR count). The van der Waals surface area contributed by atoms with E-state index in [0.717, 1.165) is 0 Å². The number of hydrogen-bond acceptors (Lipinski definition) is 3. The molecule has 0 aliphatic carbocycles. The molecule has 0 bridgehead atoms. The van der Waals surface area contributed by atoms with E-state index in [4.69, 9.17) is 5.11 Å². The molecule has 0 spiro atoms. The van der Waals surface area contributed by atoms with Crippen LogP contribution < -0.4 is 0 Å². The van der Waals surface area contributed by atoms with Crippen LogP contribution in [0.1, 0.15) is 13.8 Å². The van der Waals surface area contributed by atoms with Gasteiger partial charge in [-0.3, -0.25) is 9.59 Å². The third kappa shape index (κ3) is 4.54. The van der Waals surface area contributed by atoms with Crippen LogP contribution in [0.3, 0.4) is 0 Å². The average molecular weight is 209 g/mol. The molecule has 0 saturated heterocycles. The van der Waals surface area contributed by atoms with E-state index in [1.165, 1.54) is 13.8 Å². The molecule has 51 valence electrons. The molecule has 0 fully saturated rings. The van der Waals surface area contributed by atoms with Crippen molar-refractivity contribution >= 4 is 11.6 Å². The first-order valence-electron chi connectivity index (χ1n) is 2.24. The SMILES string of the molecule is CC(=O)C(O)C(C)=O.[Nb]. The third-order valence-corrected chi connectivity index (χ3v) is 0.770. The van der Waals surface area contributed by atoms with E-state index in [1.807, 2.05) is 0 Å². The fraction of sp³-hybridized carbons (Fsp3) is 0.600. The number of carbonyl (C=O) groups excluding carboxylic acids is 2. The van der Waals surface area contributed by atoms with Crippen molar-refractivity contribution in [2.45, 2.75) is 20.0 Å². The molecule has 0 aliphatic heterocycles. The summed E-state index contributed by atoms with van der Waals surface area (Å²) < 4.78 is 0. The summed E-state index contributed by atoms with van der Waals surface area (Å²) in [5.41, 5.74) is 0. The van der Waals surface area contributed by atoms with Crippen molar-refractivity contribution in [2.24, 2.45) is 0 Å². The van der Waals surface area contributed by atoms with Crippen LogP contribution in [-0.2, 0) is 32.0 Å². The molecule has 1 N–H and O–H groups in total. The molecule has 0 amide bonds. The Morgan fingerprint density at radius 2 is 1.44 bits per heavy atom.